The molecule has 0 spiro atoms. The minimum atomic E-state index is -0.297. The van der Waals surface area contributed by atoms with Gasteiger partial charge in [0.1, 0.15) is 5.75 Å². The summed E-state index contributed by atoms with van der Waals surface area (Å²) >= 11 is 0. The van der Waals surface area contributed by atoms with Crippen LogP contribution in [0.4, 0.5) is 5.82 Å². The molecule has 0 unspecified atom stereocenters. The average Bonchev–Trinajstić information content (AvgIpc) is 3.05. The zero-order valence-corrected chi connectivity index (χ0v) is 14.9. The van der Waals surface area contributed by atoms with E-state index in [0.29, 0.717) is 23.6 Å². The number of fused-ring (bicyclic) bond motifs is 1. The van der Waals surface area contributed by atoms with Crippen LogP contribution in [0.15, 0.2) is 65.6 Å². The molecule has 136 valence electrons. The molecule has 2 N–H and O–H groups in total. The lowest BCUT2D eigenvalue weighted by molar-refractivity contribution is 0.317. The molecule has 2 aromatic heterocycles. The number of nitrogen functional groups attached to an aromatic ring is 1. The third kappa shape index (κ3) is 3.15. The molecule has 0 bridgehead atoms. The lowest BCUT2D eigenvalue weighted by Gasteiger charge is -2.06. The van der Waals surface area contributed by atoms with Crippen LogP contribution in [0.25, 0.3) is 22.6 Å². The van der Waals surface area contributed by atoms with Crippen molar-refractivity contribution in [3.05, 3.63) is 71.3 Å². The van der Waals surface area contributed by atoms with Gasteiger partial charge in [-0.2, -0.15) is 4.68 Å². The number of aromatic nitrogens is 4. The van der Waals surface area contributed by atoms with Crippen molar-refractivity contribution < 1.29 is 4.74 Å². The summed E-state index contributed by atoms with van der Waals surface area (Å²) < 4.78 is 8.34. The Kier molecular flexibility index (Phi) is 4.33. The zero-order valence-electron chi connectivity index (χ0n) is 14.9. The van der Waals surface area contributed by atoms with Crippen molar-refractivity contribution in [1.82, 2.24) is 19.2 Å². The van der Waals surface area contributed by atoms with Gasteiger partial charge in [0.25, 0.3) is 0 Å². The van der Waals surface area contributed by atoms with Gasteiger partial charge in [-0.15, -0.1) is 5.10 Å². The molecule has 7 heteroatoms. The van der Waals surface area contributed by atoms with Crippen LogP contribution in [0.3, 0.4) is 0 Å². The van der Waals surface area contributed by atoms with Crippen molar-refractivity contribution >= 4 is 11.5 Å². The van der Waals surface area contributed by atoms with Gasteiger partial charge in [0, 0.05) is 11.8 Å². The lowest BCUT2D eigenvalue weighted by Crippen LogP contribution is -2.19. The molecule has 0 radical (unpaired) electrons. The van der Waals surface area contributed by atoms with Crippen LogP contribution in [0.1, 0.15) is 13.3 Å². The molecule has 0 saturated heterocycles. The van der Waals surface area contributed by atoms with Gasteiger partial charge in [-0.3, -0.25) is 0 Å². The third-order valence-electron chi connectivity index (χ3n) is 4.16. The fourth-order valence-electron chi connectivity index (χ4n) is 2.82. The Hall–Kier alpha value is -3.61. The summed E-state index contributed by atoms with van der Waals surface area (Å²) in [4.78, 5) is 17.2. The number of para-hydroxylation sites is 1. The van der Waals surface area contributed by atoms with Gasteiger partial charge in [0.15, 0.2) is 5.82 Å². The molecule has 0 saturated carbocycles. The number of hydrogen-bond donors (Lipinski definition) is 1. The SMILES string of the molecule is CCCOc1ccc(-c2cn3c(=O)n(-c4ccccc4)nc3c(N)n2)cc1. The molecule has 0 aliphatic heterocycles. The van der Waals surface area contributed by atoms with Crippen molar-refractivity contribution in [2.24, 2.45) is 0 Å². The van der Waals surface area contributed by atoms with Gasteiger partial charge in [-0.05, 0) is 42.8 Å². The molecule has 4 rings (SSSR count). The van der Waals surface area contributed by atoms with Gasteiger partial charge in [0.05, 0.1) is 18.0 Å². The summed E-state index contributed by atoms with van der Waals surface area (Å²) in [6, 6.07) is 16.7. The molecule has 0 amide bonds. The van der Waals surface area contributed by atoms with E-state index in [1.54, 1.807) is 6.20 Å². The van der Waals surface area contributed by atoms with Crippen molar-refractivity contribution in [1.29, 1.82) is 0 Å². The first-order valence-electron chi connectivity index (χ1n) is 8.74. The standard InChI is InChI=1S/C20H19N5O2/c1-2-12-27-16-10-8-14(9-11-16)17-13-24-19(18(21)22-17)23-25(20(24)26)15-6-4-3-5-7-15/h3-11,13H,2,12H2,1H3,(H2,21,22). The van der Waals surface area contributed by atoms with E-state index in [2.05, 4.69) is 17.0 Å². The van der Waals surface area contributed by atoms with Crippen molar-refractivity contribution in [3.8, 4) is 22.7 Å². The Morgan fingerprint density at radius 1 is 1.07 bits per heavy atom. The Balaban J connectivity index is 1.77. The second kappa shape index (κ2) is 6.95. The van der Waals surface area contributed by atoms with E-state index in [4.69, 9.17) is 10.5 Å². The van der Waals surface area contributed by atoms with Gasteiger partial charge in [-0.1, -0.05) is 25.1 Å². The van der Waals surface area contributed by atoms with Crippen LogP contribution < -0.4 is 16.2 Å². The minimum absolute atomic E-state index is 0.200. The van der Waals surface area contributed by atoms with Gasteiger partial charge >= 0.3 is 5.69 Å². The van der Waals surface area contributed by atoms with Crippen molar-refractivity contribution in [2.75, 3.05) is 12.3 Å². The molecular formula is C20H19N5O2. The highest BCUT2D eigenvalue weighted by molar-refractivity contribution is 5.67. The molecule has 0 fully saturated rings. The number of anilines is 1. The highest BCUT2D eigenvalue weighted by Crippen LogP contribution is 2.22. The first kappa shape index (κ1) is 16.8. The number of ether oxygens (including phenoxy) is 1. The highest BCUT2D eigenvalue weighted by atomic mass is 16.5. The largest absolute Gasteiger partial charge is 0.494 e. The summed E-state index contributed by atoms with van der Waals surface area (Å²) in [5.74, 6) is 0.995. The molecule has 2 aromatic carbocycles. The fraction of sp³-hybridized carbons (Fsp3) is 0.150. The van der Waals surface area contributed by atoms with Crippen LogP contribution in [0.5, 0.6) is 5.75 Å². The van der Waals surface area contributed by atoms with Crippen molar-refractivity contribution in [3.63, 3.8) is 0 Å². The molecule has 0 aliphatic carbocycles. The van der Waals surface area contributed by atoms with Crippen LogP contribution in [0.2, 0.25) is 0 Å². The van der Waals surface area contributed by atoms with Crippen LogP contribution in [0, 0.1) is 0 Å². The number of nitrogens with zero attached hydrogens (tertiary/aromatic N) is 4. The van der Waals surface area contributed by atoms with Crippen LogP contribution in [-0.4, -0.2) is 25.8 Å². The summed E-state index contributed by atoms with van der Waals surface area (Å²) in [5.41, 5.74) is 8.22. The normalized spacial score (nSPS) is 11.0. The van der Waals surface area contributed by atoms with Gasteiger partial charge < -0.3 is 10.5 Å². The summed E-state index contributed by atoms with van der Waals surface area (Å²) in [7, 11) is 0. The zero-order chi connectivity index (χ0) is 18.8. The summed E-state index contributed by atoms with van der Waals surface area (Å²) in [5, 5.41) is 4.32. The lowest BCUT2D eigenvalue weighted by atomic mass is 10.1. The molecule has 27 heavy (non-hydrogen) atoms. The van der Waals surface area contributed by atoms with E-state index in [-0.39, 0.29) is 11.5 Å². The monoisotopic (exact) mass is 361 g/mol. The third-order valence-corrected chi connectivity index (χ3v) is 4.16. The molecule has 0 atom stereocenters. The summed E-state index contributed by atoms with van der Waals surface area (Å²) in [6.45, 7) is 2.73. The van der Waals surface area contributed by atoms with Crippen molar-refractivity contribution in [2.45, 2.75) is 13.3 Å². The topological polar surface area (TPSA) is 87.4 Å². The fourth-order valence-corrected chi connectivity index (χ4v) is 2.82. The second-order valence-electron chi connectivity index (χ2n) is 6.11. The molecule has 7 nitrogen and oxygen atoms in total. The Morgan fingerprint density at radius 2 is 1.81 bits per heavy atom. The van der Waals surface area contributed by atoms with Crippen LogP contribution >= 0.6 is 0 Å². The summed E-state index contributed by atoms with van der Waals surface area (Å²) in [6.07, 6.45) is 2.60. The van der Waals surface area contributed by atoms with E-state index in [1.165, 1.54) is 9.08 Å². The second-order valence-corrected chi connectivity index (χ2v) is 6.11. The molecule has 2 heterocycles. The molecular weight excluding hydrogens is 342 g/mol. The van der Waals surface area contributed by atoms with Gasteiger partial charge in [0.2, 0.25) is 5.65 Å². The van der Waals surface area contributed by atoms with Gasteiger partial charge in [-0.25, -0.2) is 14.2 Å². The van der Waals surface area contributed by atoms with E-state index in [9.17, 15) is 4.79 Å². The molecule has 0 aliphatic rings. The Morgan fingerprint density at radius 3 is 2.52 bits per heavy atom. The first-order valence-corrected chi connectivity index (χ1v) is 8.74. The predicted octanol–water partition coefficient (Wildman–Crippen LogP) is 2.92. The minimum Gasteiger partial charge on any atom is -0.494 e. The quantitative estimate of drug-likeness (QED) is 0.590. The maximum absolute atomic E-state index is 12.8. The highest BCUT2D eigenvalue weighted by Gasteiger charge is 2.14. The smallest absolute Gasteiger partial charge is 0.355 e. The average molecular weight is 361 g/mol. The Bertz CT molecular complexity index is 1130. The molecule has 4 aromatic rings. The predicted molar refractivity (Wildman–Crippen MR) is 104 cm³/mol. The maximum atomic E-state index is 12.8. The Labute approximate surface area is 155 Å². The van der Waals surface area contributed by atoms with E-state index < -0.39 is 0 Å². The number of nitrogens with two attached hydrogens (primary N) is 1. The van der Waals surface area contributed by atoms with E-state index in [1.807, 2.05) is 54.6 Å². The van der Waals surface area contributed by atoms with E-state index >= 15 is 0 Å². The van der Waals surface area contributed by atoms with Crippen LogP contribution in [-0.2, 0) is 0 Å². The number of benzene rings is 2. The number of hydrogen-bond acceptors (Lipinski definition) is 5. The number of rotatable bonds is 5. The first-order chi connectivity index (χ1) is 13.2. The van der Waals surface area contributed by atoms with E-state index in [0.717, 1.165) is 17.7 Å². The maximum Gasteiger partial charge on any atom is 0.355 e.